The van der Waals surface area contributed by atoms with Crippen LogP contribution in [0.3, 0.4) is 0 Å². The SMILES string of the molecule is CCOC(=O)C1CCN(C(=O)Cn2nc(C)cc2C)CC1. The van der Waals surface area contributed by atoms with Gasteiger partial charge in [-0.15, -0.1) is 0 Å². The van der Waals surface area contributed by atoms with E-state index in [4.69, 9.17) is 4.74 Å². The van der Waals surface area contributed by atoms with Crippen molar-refractivity contribution in [2.24, 2.45) is 5.92 Å². The lowest BCUT2D eigenvalue weighted by Crippen LogP contribution is -2.42. The van der Waals surface area contributed by atoms with Gasteiger partial charge in [-0.05, 0) is 39.7 Å². The van der Waals surface area contributed by atoms with Crippen LogP contribution < -0.4 is 0 Å². The summed E-state index contributed by atoms with van der Waals surface area (Å²) >= 11 is 0. The first kappa shape index (κ1) is 15.5. The molecule has 21 heavy (non-hydrogen) atoms. The summed E-state index contributed by atoms with van der Waals surface area (Å²) in [6.45, 7) is 7.58. The third-order valence-electron chi connectivity index (χ3n) is 3.86. The van der Waals surface area contributed by atoms with Crippen molar-refractivity contribution >= 4 is 11.9 Å². The number of esters is 1. The van der Waals surface area contributed by atoms with E-state index in [9.17, 15) is 9.59 Å². The van der Waals surface area contributed by atoms with Crippen LogP contribution in [0.1, 0.15) is 31.2 Å². The number of piperidine rings is 1. The maximum absolute atomic E-state index is 12.3. The normalized spacial score (nSPS) is 16.0. The Bertz CT molecular complexity index is 516. The molecule has 0 N–H and O–H groups in total. The first-order valence-electron chi connectivity index (χ1n) is 7.46. The second-order valence-corrected chi connectivity index (χ2v) is 5.49. The highest BCUT2D eigenvalue weighted by Gasteiger charge is 2.28. The highest BCUT2D eigenvalue weighted by molar-refractivity contribution is 5.77. The molecule has 0 spiro atoms. The molecule has 6 nitrogen and oxygen atoms in total. The van der Waals surface area contributed by atoms with Gasteiger partial charge < -0.3 is 9.64 Å². The number of hydrogen-bond donors (Lipinski definition) is 0. The molecule has 1 fully saturated rings. The van der Waals surface area contributed by atoms with Crippen LogP contribution in [-0.2, 0) is 20.9 Å². The summed E-state index contributed by atoms with van der Waals surface area (Å²) in [6.07, 6.45) is 1.36. The van der Waals surface area contributed by atoms with Crippen molar-refractivity contribution in [3.05, 3.63) is 17.5 Å². The Labute approximate surface area is 125 Å². The average molecular weight is 293 g/mol. The fourth-order valence-electron chi connectivity index (χ4n) is 2.69. The molecule has 1 aliphatic heterocycles. The number of nitrogens with zero attached hydrogens (tertiary/aromatic N) is 3. The smallest absolute Gasteiger partial charge is 0.309 e. The standard InChI is InChI=1S/C15H23N3O3/c1-4-21-15(20)13-5-7-17(8-6-13)14(19)10-18-12(3)9-11(2)16-18/h9,13H,4-8,10H2,1-3H3. The number of hydrogen-bond acceptors (Lipinski definition) is 4. The summed E-state index contributed by atoms with van der Waals surface area (Å²) < 4.78 is 6.77. The van der Waals surface area contributed by atoms with Gasteiger partial charge in [0.05, 0.1) is 18.2 Å². The molecule has 0 bridgehead atoms. The molecular weight excluding hydrogens is 270 g/mol. The highest BCUT2D eigenvalue weighted by atomic mass is 16.5. The fourth-order valence-corrected chi connectivity index (χ4v) is 2.69. The van der Waals surface area contributed by atoms with E-state index >= 15 is 0 Å². The first-order chi connectivity index (χ1) is 10.0. The van der Waals surface area contributed by atoms with Crippen molar-refractivity contribution in [2.45, 2.75) is 40.2 Å². The molecule has 0 aromatic carbocycles. The molecule has 2 rings (SSSR count). The number of aryl methyl sites for hydroxylation is 2. The molecule has 1 amide bonds. The van der Waals surface area contributed by atoms with Crippen LogP contribution in [0.4, 0.5) is 0 Å². The Kier molecular flexibility index (Phi) is 4.98. The van der Waals surface area contributed by atoms with E-state index < -0.39 is 0 Å². The van der Waals surface area contributed by atoms with Crippen LogP contribution >= 0.6 is 0 Å². The fraction of sp³-hybridized carbons (Fsp3) is 0.667. The van der Waals surface area contributed by atoms with Crippen LogP contribution in [0.2, 0.25) is 0 Å². The van der Waals surface area contributed by atoms with Crippen molar-refractivity contribution < 1.29 is 14.3 Å². The number of amides is 1. The maximum Gasteiger partial charge on any atom is 0.309 e. The van der Waals surface area contributed by atoms with Gasteiger partial charge in [0.25, 0.3) is 0 Å². The third kappa shape index (κ3) is 3.83. The van der Waals surface area contributed by atoms with Gasteiger partial charge in [0.2, 0.25) is 5.91 Å². The lowest BCUT2D eigenvalue weighted by molar-refractivity contribution is -0.151. The number of aromatic nitrogens is 2. The van der Waals surface area contributed by atoms with Crippen LogP contribution in [0.25, 0.3) is 0 Å². The Morgan fingerprint density at radius 3 is 2.52 bits per heavy atom. The predicted molar refractivity (Wildman–Crippen MR) is 77.6 cm³/mol. The lowest BCUT2D eigenvalue weighted by atomic mass is 9.97. The zero-order chi connectivity index (χ0) is 15.4. The largest absolute Gasteiger partial charge is 0.466 e. The second kappa shape index (κ2) is 6.74. The van der Waals surface area contributed by atoms with Gasteiger partial charge in [-0.1, -0.05) is 0 Å². The van der Waals surface area contributed by atoms with Crippen molar-refractivity contribution in [1.82, 2.24) is 14.7 Å². The Morgan fingerprint density at radius 2 is 2.00 bits per heavy atom. The molecule has 0 aliphatic carbocycles. The summed E-state index contributed by atoms with van der Waals surface area (Å²) in [7, 11) is 0. The molecular formula is C15H23N3O3. The van der Waals surface area contributed by atoms with Crippen LogP contribution in [-0.4, -0.2) is 46.3 Å². The van der Waals surface area contributed by atoms with Gasteiger partial charge in [0.1, 0.15) is 6.54 Å². The molecule has 1 aliphatic rings. The van der Waals surface area contributed by atoms with Crippen LogP contribution in [0.5, 0.6) is 0 Å². The van der Waals surface area contributed by atoms with Crippen LogP contribution in [0, 0.1) is 19.8 Å². The van der Waals surface area contributed by atoms with Crippen molar-refractivity contribution in [2.75, 3.05) is 19.7 Å². The molecule has 0 radical (unpaired) electrons. The zero-order valence-electron chi connectivity index (χ0n) is 13.0. The minimum absolute atomic E-state index is 0.0588. The lowest BCUT2D eigenvalue weighted by Gasteiger charge is -2.31. The summed E-state index contributed by atoms with van der Waals surface area (Å²) in [4.78, 5) is 25.8. The van der Waals surface area contributed by atoms with E-state index in [-0.39, 0.29) is 24.3 Å². The molecule has 1 aromatic heterocycles. The van der Waals surface area contributed by atoms with E-state index in [0.717, 1.165) is 11.4 Å². The Hall–Kier alpha value is -1.85. The number of rotatable bonds is 4. The van der Waals surface area contributed by atoms with E-state index in [1.165, 1.54) is 0 Å². The number of carbonyl (C=O) groups excluding carboxylic acids is 2. The minimum atomic E-state index is -0.136. The van der Waals surface area contributed by atoms with Gasteiger partial charge in [-0.3, -0.25) is 14.3 Å². The number of likely N-dealkylation sites (tertiary alicyclic amines) is 1. The molecule has 1 aromatic rings. The van der Waals surface area contributed by atoms with Crippen molar-refractivity contribution in [3.63, 3.8) is 0 Å². The molecule has 0 unspecified atom stereocenters. The van der Waals surface area contributed by atoms with Gasteiger partial charge in [0, 0.05) is 18.8 Å². The summed E-state index contributed by atoms with van der Waals surface area (Å²) in [6, 6.07) is 1.96. The Morgan fingerprint density at radius 1 is 1.33 bits per heavy atom. The molecule has 0 saturated carbocycles. The first-order valence-corrected chi connectivity index (χ1v) is 7.46. The van der Waals surface area contributed by atoms with E-state index in [2.05, 4.69) is 5.10 Å². The summed E-state index contributed by atoms with van der Waals surface area (Å²) in [5.41, 5.74) is 1.91. The highest BCUT2D eigenvalue weighted by Crippen LogP contribution is 2.19. The quantitative estimate of drug-likeness (QED) is 0.785. The average Bonchev–Trinajstić information content (AvgIpc) is 2.77. The second-order valence-electron chi connectivity index (χ2n) is 5.49. The Balaban J connectivity index is 1.86. The molecule has 6 heteroatoms. The molecule has 1 saturated heterocycles. The number of ether oxygens (including phenoxy) is 1. The van der Waals surface area contributed by atoms with E-state index in [1.54, 1.807) is 4.68 Å². The molecule has 0 atom stereocenters. The summed E-state index contributed by atoms with van der Waals surface area (Å²) in [5, 5.41) is 4.31. The number of carbonyl (C=O) groups is 2. The van der Waals surface area contributed by atoms with E-state index in [1.807, 2.05) is 31.7 Å². The van der Waals surface area contributed by atoms with Gasteiger partial charge in [-0.25, -0.2) is 0 Å². The van der Waals surface area contributed by atoms with E-state index in [0.29, 0.717) is 32.5 Å². The minimum Gasteiger partial charge on any atom is -0.466 e. The zero-order valence-corrected chi connectivity index (χ0v) is 13.0. The van der Waals surface area contributed by atoms with Gasteiger partial charge in [-0.2, -0.15) is 5.10 Å². The topological polar surface area (TPSA) is 64.4 Å². The van der Waals surface area contributed by atoms with Crippen LogP contribution in [0.15, 0.2) is 6.07 Å². The monoisotopic (exact) mass is 293 g/mol. The molecule has 2 heterocycles. The van der Waals surface area contributed by atoms with Crippen molar-refractivity contribution in [3.8, 4) is 0 Å². The van der Waals surface area contributed by atoms with Gasteiger partial charge in [0.15, 0.2) is 0 Å². The summed E-state index contributed by atoms with van der Waals surface area (Å²) in [5.74, 6) is -0.144. The predicted octanol–water partition coefficient (Wildman–Crippen LogP) is 1.30. The van der Waals surface area contributed by atoms with Gasteiger partial charge >= 0.3 is 5.97 Å². The maximum atomic E-state index is 12.3. The third-order valence-corrected chi connectivity index (χ3v) is 3.86. The van der Waals surface area contributed by atoms with Crippen molar-refractivity contribution in [1.29, 1.82) is 0 Å². The molecule has 116 valence electrons.